The molecule has 0 spiro atoms. The molecule has 72 valence electrons. The Balaban J connectivity index is 2.40. The fourth-order valence-electron chi connectivity index (χ4n) is 0.844. The Labute approximate surface area is 81.6 Å². The standard InChI is InChI=1S/C8H13N3OS/c1-3-4-5-9-7(12)8-10-6(2)11-13-8/h3-5H2,1-2H3,(H,9,12). The van der Waals surface area contributed by atoms with Gasteiger partial charge in [-0.05, 0) is 24.9 Å². The molecule has 4 nitrogen and oxygen atoms in total. The zero-order valence-corrected chi connectivity index (χ0v) is 8.65. The number of nitrogens with zero attached hydrogens (tertiary/aromatic N) is 2. The van der Waals surface area contributed by atoms with Gasteiger partial charge >= 0.3 is 0 Å². The molecule has 1 heterocycles. The Bertz CT molecular complexity index is 285. The van der Waals surface area contributed by atoms with Crippen LogP contribution in [0.5, 0.6) is 0 Å². The van der Waals surface area contributed by atoms with E-state index in [-0.39, 0.29) is 5.91 Å². The molecule has 0 aliphatic rings. The molecule has 0 saturated heterocycles. The summed E-state index contributed by atoms with van der Waals surface area (Å²) in [7, 11) is 0. The van der Waals surface area contributed by atoms with Crippen LogP contribution in [0, 0.1) is 6.92 Å². The number of aryl methyl sites for hydroxylation is 1. The molecular weight excluding hydrogens is 186 g/mol. The van der Waals surface area contributed by atoms with Crippen molar-refractivity contribution in [3.63, 3.8) is 0 Å². The highest BCUT2D eigenvalue weighted by molar-refractivity contribution is 7.07. The number of unbranched alkanes of at least 4 members (excludes halogenated alkanes) is 1. The van der Waals surface area contributed by atoms with Crippen LogP contribution in [-0.2, 0) is 0 Å². The summed E-state index contributed by atoms with van der Waals surface area (Å²) >= 11 is 1.14. The molecule has 0 atom stereocenters. The molecule has 13 heavy (non-hydrogen) atoms. The molecule has 0 saturated carbocycles. The van der Waals surface area contributed by atoms with Crippen molar-refractivity contribution in [2.75, 3.05) is 6.54 Å². The van der Waals surface area contributed by atoms with Gasteiger partial charge in [0.2, 0.25) is 5.01 Å². The van der Waals surface area contributed by atoms with Gasteiger partial charge in [0, 0.05) is 6.54 Å². The Morgan fingerprint density at radius 2 is 2.38 bits per heavy atom. The summed E-state index contributed by atoms with van der Waals surface area (Å²) in [5, 5.41) is 3.23. The van der Waals surface area contributed by atoms with Gasteiger partial charge in [-0.15, -0.1) is 0 Å². The maximum Gasteiger partial charge on any atom is 0.281 e. The molecule has 5 heteroatoms. The van der Waals surface area contributed by atoms with Gasteiger partial charge in [-0.25, -0.2) is 4.98 Å². The van der Waals surface area contributed by atoms with Crippen molar-refractivity contribution in [1.29, 1.82) is 0 Å². The monoisotopic (exact) mass is 199 g/mol. The summed E-state index contributed by atoms with van der Waals surface area (Å²) < 4.78 is 3.94. The second-order valence-electron chi connectivity index (χ2n) is 2.76. The van der Waals surface area contributed by atoms with Crippen LogP contribution in [0.4, 0.5) is 0 Å². The second kappa shape index (κ2) is 4.91. The molecule has 0 radical (unpaired) electrons. The van der Waals surface area contributed by atoms with E-state index in [0.717, 1.165) is 24.4 Å². The first kappa shape index (κ1) is 10.1. The van der Waals surface area contributed by atoms with E-state index in [4.69, 9.17) is 0 Å². The number of hydrogen-bond acceptors (Lipinski definition) is 4. The molecule has 0 aliphatic carbocycles. The fourth-order valence-corrected chi connectivity index (χ4v) is 1.43. The SMILES string of the molecule is CCCCNC(=O)c1nc(C)ns1. The third-order valence-electron chi connectivity index (χ3n) is 1.54. The van der Waals surface area contributed by atoms with Crippen molar-refractivity contribution in [2.45, 2.75) is 26.7 Å². The van der Waals surface area contributed by atoms with Gasteiger partial charge in [0.05, 0.1) is 0 Å². The number of hydrogen-bond donors (Lipinski definition) is 1. The average Bonchev–Trinajstić information content (AvgIpc) is 2.52. The zero-order chi connectivity index (χ0) is 9.68. The number of amides is 1. The van der Waals surface area contributed by atoms with E-state index >= 15 is 0 Å². The van der Waals surface area contributed by atoms with Crippen molar-refractivity contribution in [3.05, 3.63) is 10.8 Å². The minimum absolute atomic E-state index is 0.112. The third-order valence-corrected chi connectivity index (χ3v) is 2.34. The lowest BCUT2D eigenvalue weighted by molar-refractivity contribution is 0.0952. The van der Waals surface area contributed by atoms with Crippen molar-refractivity contribution in [1.82, 2.24) is 14.7 Å². The normalized spacial score (nSPS) is 10.0. The van der Waals surface area contributed by atoms with Gasteiger partial charge in [0.25, 0.3) is 5.91 Å². The van der Waals surface area contributed by atoms with Crippen LogP contribution < -0.4 is 5.32 Å². The fraction of sp³-hybridized carbons (Fsp3) is 0.625. The van der Waals surface area contributed by atoms with Gasteiger partial charge in [0.15, 0.2) is 0 Å². The van der Waals surface area contributed by atoms with E-state index in [1.54, 1.807) is 6.92 Å². The van der Waals surface area contributed by atoms with Crippen LogP contribution in [0.25, 0.3) is 0 Å². The van der Waals surface area contributed by atoms with Crippen LogP contribution >= 0.6 is 11.5 Å². The summed E-state index contributed by atoms with van der Waals surface area (Å²) in [5.41, 5.74) is 0. The second-order valence-corrected chi connectivity index (χ2v) is 3.51. The van der Waals surface area contributed by atoms with Crippen LogP contribution in [0.3, 0.4) is 0 Å². The minimum Gasteiger partial charge on any atom is -0.350 e. The average molecular weight is 199 g/mol. The number of carbonyl (C=O) groups excluding carboxylic acids is 1. The predicted molar refractivity (Wildman–Crippen MR) is 51.9 cm³/mol. The first-order chi connectivity index (χ1) is 6.24. The Kier molecular flexibility index (Phi) is 3.82. The lowest BCUT2D eigenvalue weighted by atomic mass is 10.3. The van der Waals surface area contributed by atoms with Gasteiger partial charge in [-0.2, -0.15) is 4.37 Å². The largest absolute Gasteiger partial charge is 0.350 e. The smallest absolute Gasteiger partial charge is 0.281 e. The maximum atomic E-state index is 11.3. The van der Waals surface area contributed by atoms with Gasteiger partial charge in [-0.3, -0.25) is 4.79 Å². The van der Waals surface area contributed by atoms with Crippen molar-refractivity contribution >= 4 is 17.4 Å². The zero-order valence-electron chi connectivity index (χ0n) is 7.83. The topological polar surface area (TPSA) is 54.9 Å². The molecular formula is C8H13N3OS. The summed E-state index contributed by atoms with van der Waals surface area (Å²) in [6.45, 7) is 4.58. The van der Waals surface area contributed by atoms with E-state index in [1.807, 2.05) is 0 Å². The number of carbonyl (C=O) groups is 1. The van der Waals surface area contributed by atoms with E-state index < -0.39 is 0 Å². The van der Waals surface area contributed by atoms with Gasteiger partial charge in [0.1, 0.15) is 5.82 Å². The highest BCUT2D eigenvalue weighted by Crippen LogP contribution is 2.02. The van der Waals surface area contributed by atoms with Crippen molar-refractivity contribution < 1.29 is 4.79 Å². The maximum absolute atomic E-state index is 11.3. The molecule has 0 bridgehead atoms. The van der Waals surface area contributed by atoms with E-state index in [0.29, 0.717) is 17.4 Å². The van der Waals surface area contributed by atoms with Crippen LogP contribution in [0.1, 0.15) is 35.4 Å². The summed E-state index contributed by atoms with van der Waals surface area (Å²) in [5.74, 6) is 0.546. The van der Waals surface area contributed by atoms with E-state index in [2.05, 4.69) is 21.6 Å². The first-order valence-electron chi connectivity index (χ1n) is 4.32. The molecule has 0 fully saturated rings. The van der Waals surface area contributed by atoms with Crippen molar-refractivity contribution in [2.24, 2.45) is 0 Å². The summed E-state index contributed by atoms with van der Waals surface area (Å²) in [6, 6.07) is 0. The summed E-state index contributed by atoms with van der Waals surface area (Å²) in [4.78, 5) is 15.3. The Morgan fingerprint density at radius 3 is 2.92 bits per heavy atom. The number of rotatable bonds is 4. The number of aromatic nitrogens is 2. The molecule has 1 amide bonds. The molecule has 0 aromatic carbocycles. The third kappa shape index (κ3) is 3.10. The highest BCUT2D eigenvalue weighted by Gasteiger charge is 2.09. The quantitative estimate of drug-likeness (QED) is 0.745. The lowest BCUT2D eigenvalue weighted by Gasteiger charge is -1.99. The molecule has 1 rings (SSSR count). The van der Waals surface area contributed by atoms with Crippen LogP contribution in [0.15, 0.2) is 0 Å². The first-order valence-corrected chi connectivity index (χ1v) is 5.10. The van der Waals surface area contributed by atoms with Gasteiger partial charge < -0.3 is 5.32 Å². The van der Waals surface area contributed by atoms with E-state index in [9.17, 15) is 4.79 Å². The molecule has 0 unspecified atom stereocenters. The minimum atomic E-state index is -0.112. The number of nitrogens with one attached hydrogen (secondary N) is 1. The van der Waals surface area contributed by atoms with E-state index in [1.165, 1.54) is 0 Å². The lowest BCUT2D eigenvalue weighted by Crippen LogP contribution is -2.24. The van der Waals surface area contributed by atoms with Crippen LogP contribution in [-0.4, -0.2) is 21.8 Å². The van der Waals surface area contributed by atoms with Crippen LogP contribution in [0.2, 0.25) is 0 Å². The molecule has 0 aliphatic heterocycles. The Hall–Kier alpha value is -0.970. The highest BCUT2D eigenvalue weighted by atomic mass is 32.1. The van der Waals surface area contributed by atoms with Crippen molar-refractivity contribution in [3.8, 4) is 0 Å². The molecule has 1 aromatic rings. The molecule has 1 aromatic heterocycles. The Morgan fingerprint density at radius 1 is 1.62 bits per heavy atom. The molecule has 1 N–H and O–H groups in total. The predicted octanol–water partition coefficient (Wildman–Crippen LogP) is 1.38. The summed E-state index contributed by atoms with van der Waals surface area (Å²) in [6.07, 6.45) is 2.08. The van der Waals surface area contributed by atoms with Gasteiger partial charge in [-0.1, -0.05) is 13.3 Å².